The summed E-state index contributed by atoms with van der Waals surface area (Å²) in [6.45, 7) is 0. The number of thioether (sulfide) groups is 1. The van der Waals surface area contributed by atoms with E-state index in [2.05, 4.69) is 10.3 Å². The summed E-state index contributed by atoms with van der Waals surface area (Å²) in [5.41, 5.74) is 2.29. The number of amides is 1. The SMILES string of the molecule is O=C(CSCc1ccc(CCl)cc1)Nc1ccccn1. The molecule has 0 aliphatic rings. The maximum Gasteiger partial charge on any atom is 0.235 e. The Kier molecular flexibility index (Phi) is 5.89. The van der Waals surface area contributed by atoms with E-state index in [0.29, 0.717) is 17.5 Å². The highest BCUT2D eigenvalue weighted by Gasteiger charge is 2.03. The molecule has 0 atom stereocenters. The van der Waals surface area contributed by atoms with Gasteiger partial charge in [0.25, 0.3) is 0 Å². The molecule has 20 heavy (non-hydrogen) atoms. The first-order valence-electron chi connectivity index (χ1n) is 6.20. The third-order valence-corrected chi connectivity index (χ3v) is 3.92. The van der Waals surface area contributed by atoms with Crippen LogP contribution in [0.4, 0.5) is 5.82 Å². The van der Waals surface area contributed by atoms with Gasteiger partial charge in [0.2, 0.25) is 5.91 Å². The molecular formula is C15H15ClN2OS. The maximum atomic E-state index is 11.7. The Morgan fingerprint density at radius 2 is 1.90 bits per heavy atom. The molecule has 2 aromatic rings. The summed E-state index contributed by atoms with van der Waals surface area (Å²) in [5, 5.41) is 2.76. The molecule has 5 heteroatoms. The lowest BCUT2D eigenvalue weighted by molar-refractivity contribution is -0.113. The number of carbonyl (C=O) groups is 1. The van der Waals surface area contributed by atoms with E-state index in [0.717, 1.165) is 11.3 Å². The standard InChI is InChI=1S/C15H15ClN2OS/c16-9-12-4-6-13(7-5-12)10-20-11-15(19)18-14-3-1-2-8-17-14/h1-8H,9-11H2,(H,17,18,19). The molecule has 0 fully saturated rings. The number of hydrogen-bond donors (Lipinski definition) is 1. The minimum Gasteiger partial charge on any atom is -0.310 e. The lowest BCUT2D eigenvalue weighted by Gasteiger charge is -2.04. The molecule has 104 valence electrons. The van der Waals surface area contributed by atoms with Crippen LogP contribution in [0.15, 0.2) is 48.7 Å². The first-order valence-corrected chi connectivity index (χ1v) is 7.89. The van der Waals surface area contributed by atoms with Gasteiger partial charge in [-0.15, -0.1) is 23.4 Å². The third-order valence-electron chi connectivity index (χ3n) is 2.61. The fourth-order valence-electron chi connectivity index (χ4n) is 1.60. The minimum absolute atomic E-state index is 0.0360. The summed E-state index contributed by atoms with van der Waals surface area (Å²) < 4.78 is 0. The molecule has 0 radical (unpaired) electrons. The quantitative estimate of drug-likeness (QED) is 0.828. The van der Waals surface area contributed by atoms with Crippen molar-refractivity contribution >= 4 is 35.1 Å². The number of nitrogens with one attached hydrogen (secondary N) is 1. The van der Waals surface area contributed by atoms with E-state index in [1.54, 1.807) is 24.0 Å². The third kappa shape index (κ3) is 4.87. The second-order valence-electron chi connectivity index (χ2n) is 4.21. The van der Waals surface area contributed by atoms with Crippen LogP contribution in [0.3, 0.4) is 0 Å². The number of benzene rings is 1. The number of anilines is 1. The molecular weight excluding hydrogens is 292 g/mol. The van der Waals surface area contributed by atoms with Crippen molar-refractivity contribution in [2.24, 2.45) is 0 Å². The Morgan fingerprint density at radius 3 is 2.55 bits per heavy atom. The second-order valence-corrected chi connectivity index (χ2v) is 5.46. The van der Waals surface area contributed by atoms with E-state index < -0.39 is 0 Å². The fraction of sp³-hybridized carbons (Fsp3) is 0.200. The highest BCUT2D eigenvalue weighted by atomic mass is 35.5. The van der Waals surface area contributed by atoms with Crippen LogP contribution in [-0.4, -0.2) is 16.6 Å². The van der Waals surface area contributed by atoms with Gasteiger partial charge in [0.15, 0.2) is 0 Å². The maximum absolute atomic E-state index is 11.7. The molecule has 0 saturated heterocycles. The van der Waals surface area contributed by atoms with Crippen molar-refractivity contribution in [2.75, 3.05) is 11.1 Å². The summed E-state index contributed by atoms with van der Waals surface area (Å²) in [5.74, 6) is 2.29. The van der Waals surface area contributed by atoms with Crippen LogP contribution in [-0.2, 0) is 16.4 Å². The average molecular weight is 307 g/mol. The van der Waals surface area contributed by atoms with Crippen LogP contribution in [0.5, 0.6) is 0 Å². The van der Waals surface area contributed by atoms with E-state index in [4.69, 9.17) is 11.6 Å². The molecule has 3 nitrogen and oxygen atoms in total. The Labute approximate surface area is 127 Å². The van der Waals surface area contributed by atoms with Gasteiger partial charge in [-0.3, -0.25) is 4.79 Å². The summed E-state index contributed by atoms with van der Waals surface area (Å²) in [6, 6.07) is 13.5. The zero-order valence-corrected chi connectivity index (χ0v) is 12.5. The van der Waals surface area contributed by atoms with Gasteiger partial charge in [0.05, 0.1) is 5.75 Å². The topological polar surface area (TPSA) is 42.0 Å². The van der Waals surface area contributed by atoms with E-state index in [1.165, 1.54) is 5.56 Å². The zero-order valence-electron chi connectivity index (χ0n) is 10.9. The van der Waals surface area contributed by atoms with Crippen molar-refractivity contribution in [3.8, 4) is 0 Å². The van der Waals surface area contributed by atoms with Crippen LogP contribution in [0, 0.1) is 0 Å². The van der Waals surface area contributed by atoms with Crippen LogP contribution in [0.2, 0.25) is 0 Å². The minimum atomic E-state index is -0.0360. The van der Waals surface area contributed by atoms with E-state index >= 15 is 0 Å². The molecule has 1 aromatic heterocycles. The highest BCUT2D eigenvalue weighted by Crippen LogP contribution is 2.14. The summed E-state index contributed by atoms with van der Waals surface area (Å²) >= 11 is 7.31. The van der Waals surface area contributed by atoms with Crippen molar-refractivity contribution in [1.82, 2.24) is 4.98 Å². The average Bonchev–Trinajstić information content (AvgIpc) is 2.49. The van der Waals surface area contributed by atoms with Gasteiger partial charge < -0.3 is 5.32 Å². The van der Waals surface area contributed by atoms with E-state index in [9.17, 15) is 4.79 Å². The Hall–Kier alpha value is -1.52. The number of hydrogen-bond acceptors (Lipinski definition) is 3. The van der Waals surface area contributed by atoms with Crippen molar-refractivity contribution < 1.29 is 4.79 Å². The van der Waals surface area contributed by atoms with Crippen LogP contribution in [0.25, 0.3) is 0 Å². The fourth-order valence-corrected chi connectivity index (χ4v) is 2.57. The van der Waals surface area contributed by atoms with E-state index in [-0.39, 0.29) is 5.91 Å². The van der Waals surface area contributed by atoms with Gasteiger partial charge in [0.1, 0.15) is 5.82 Å². The lowest BCUT2D eigenvalue weighted by Crippen LogP contribution is -2.14. The van der Waals surface area contributed by atoms with Gasteiger partial charge >= 0.3 is 0 Å². The smallest absolute Gasteiger partial charge is 0.235 e. The zero-order chi connectivity index (χ0) is 14.2. The molecule has 0 aliphatic heterocycles. The van der Waals surface area contributed by atoms with Gasteiger partial charge in [-0.2, -0.15) is 0 Å². The largest absolute Gasteiger partial charge is 0.310 e. The molecule has 2 rings (SSSR count). The Morgan fingerprint density at radius 1 is 1.15 bits per heavy atom. The molecule has 0 saturated carbocycles. The Bertz CT molecular complexity index is 546. The summed E-state index contributed by atoms with van der Waals surface area (Å²) in [6.07, 6.45) is 1.65. The first-order chi connectivity index (χ1) is 9.78. The summed E-state index contributed by atoms with van der Waals surface area (Å²) in [4.78, 5) is 15.8. The van der Waals surface area contributed by atoms with Crippen LogP contribution < -0.4 is 5.32 Å². The van der Waals surface area contributed by atoms with Crippen molar-refractivity contribution in [3.63, 3.8) is 0 Å². The van der Waals surface area contributed by atoms with Gasteiger partial charge in [-0.05, 0) is 23.3 Å². The van der Waals surface area contributed by atoms with E-state index in [1.807, 2.05) is 36.4 Å². The predicted molar refractivity (Wildman–Crippen MR) is 85.0 cm³/mol. The number of rotatable bonds is 6. The van der Waals surface area contributed by atoms with Crippen molar-refractivity contribution in [2.45, 2.75) is 11.6 Å². The number of aromatic nitrogens is 1. The van der Waals surface area contributed by atoms with Crippen LogP contribution in [0.1, 0.15) is 11.1 Å². The van der Waals surface area contributed by atoms with Crippen LogP contribution >= 0.6 is 23.4 Å². The Balaban J connectivity index is 1.73. The molecule has 0 spiro atoms. The predicted octanol–water partition coefficient (Wildman–Crippen LogP) is 3.69. The van der Waals surface area contributed by atoms with Crippen molar-refractivity contribution in [1.29, 1.82) is 0 Å². The molecule has 1 heterocycles. The van der Waals surface area contributed by atoms with Gasteiger partial charge in [-0.1, -0.05) is 30.3 Å². The molecule has 0 unspecified atom stereocenters. The van der Waals surface area contributed by atoms with Gasteiger partial charge in [-0.25, -0.2) is 4.98 Å². The second kappa shape index (κ2) is 7.92. The molecule has 0 aliphatic carbocycles. The first kappa shape index (κ1) is 14.9. The molecule has 1 aromatic carbocycles. The number of alkyl halides is 1. The molecule has 1 amide bonds. The normalized spacial score (nSPS) is 10.2. The highest BCUT2D eigenvalue weighted by molar-refractivity contribution is 7.99. The summed E-state index contributed by atoms with van der Waals surface area (Å²) in [7, 11) is 0. The lowest BCUT2D eigenvalue weighted by atomic mass is 10.2. The molecule has 1 N–H and O–H groups in total. The van der Waals surface area contributed by atoms with Crippen molar-refractivity contribution in [3.05, 3.63) is 59.8 Å². The molecule has 0 bridgehead atoms. The number of nitrogens with zero attached hydrogens (tertiary/aromatic N) is 1. The monoisotopic (exact) mass is 306 g/mol. The number of carbonyl (C=O) groups excluding carboxylic acids is 1. The number of pyridine rings is 1. The van der Waals surface area contributed by atoms with Gasteiger partial charge in [0, 0.05) is 17.8 Å². The number of halogens is 1.